The van der Waals surface area contributed by atoms with Gasteiger partial charge in [-0.25, -0.2) is 4.68 Å². The van der Waals surface area contributed by atoms with Crippen LogP contribution in [0.25, 0.3) is 11.5 Å². The summed E-state index contributed by atoms with van der Waals surface area (Å²) in [5.41, 5.74) is 3.49. The van der Waals surface area contributed by atoms with Gasteiger partial charge in [-0.05, 0) is 61.7 Å². The molecule has 1 saturated heterocycles. The first-order valence-corrected chi connectivity index (χ1v) is 12.5. The average molecular weight is 468 g/mol. The Bertz CT molecular complexity index is 1210. The fourth-order valence-corrected chi connectivity index (χ4v) is 4.89. The molecule has 1 amide bonds. The fourth-order valence-electron chi connectivity index (χ4n) is 4.89. The van der Waals surface area contributed by atoms with Gasteiger partial charge in [-0.2, -0.15) is 5.10 Å². The van der Waals surface area contributed by atoms with Crippen molar-refractivity contribution in [2.24, 2.45) is 5.92 Å². The van der Waals surface area contributed by atoms with E-state index in [0.717, 1.165) is 44.0 Å². The number of rotatable bonds is 8. The maximum Gasteiger partial charge on any atom is 0.223 e. The summed E-state index contributed by atoms with van der Waals surface area (Å²) in [7, 11) is 0. The lowest BCUT2D eigenvalue weighted by Gasteiger charge is -2.31. The van der Waals surface area contributed by atoms with Gasteiger partial charge in [0.15, 0.2) is 0 Å². The zero-order valence-electron chi connectivity index (χ0n) is 20.3. The van der Waals surface area contributed by atoms with Gasteiger partial charge in [0.1, 0.15) is 5.82 Å². The Morgan fingerprint density at radius 1 is 0.971 bits per heavy atom. The molecule has 6 nitrogen and oxygen atoms in total. The van der Waals surface area contributed by atoms with Crippen molar-refractivity contribution < 1.29 is 4.79 Å². The number of aromatic nitrogens is 3. The van der Waals surface area contributed by atoms with E-state index in [0.29, 0.717) is 12.5 Å². The van der Waals surface area contributed by atoms with Crippen LogP contribution in [0.5, 0.6) is 0 Å². The molecular formula is C29H33N5O. The number of carbonyl (C=O) groups excluding carboxylic acids is 1. The standard InChI is InChI=1S/C29H33N5O/c1-23(24-10-4-2-5-11-24)20-30-28(35)25-14-18-32(19-15-25)22-26-21-31-34(27-12-6-3-7-13-27)29(26)33-16-8-9-17-33/h2-13,16-17,21,23,25H,14-15,18-20,22H2,1H3,(H,30,35). The Kier molecular flexibility index (Phi) is 7.09. The van der Waals surface area contributed by atoms with E-state index in [-0.39, 0.29) is 11.8 Å². The third-order valence-corrected chi connectivity index (χ3v) is 6.97. The minimum Gasteiger partial charge on any atom is -0.355 e. The highest BCUT2D eigenvalue weighted by atomic mass is 16.1. The number of piperidine rings is 1. The van der Waals surface area contributed by atoms with Gasteiger partial charge in [0, 0.05) is 37.0 Å². The molecule has 2 aromatic heterocycles. The molecule has 1 fully saturated rings. The lowest BCUT2D eigenvalue weighted by atomic mass is 9.95. The van der Waals surface area contributed by atoms with E-state index in [1.807, 2.05) is 47.3 Å². The Morgan fingerprint density at radius 2 is 1.63 bits per heavy atom. The van der Waals surface area contributed by atoms with Crippen LogP contribution in [0.1, 0.15) is 36.8 Å². The highest BCUT2D eigenvalue weighted by molar-refractivity contribution is 5.78. The molecule has 2 aromatic carbocycles. The third-order valence-electron chi connectivity index (χ3n) is 6.97. The summed E-state index contributed by atoms with van der Waals surface area (Å²) < 4.78 is 4.13. The van der Waals surface area contributed by atoms with Crippen LogP contribution in [0.15, 0.2) is 91.4 Å². The minimum atomic E-state index is 0.0881. The van der Waals surface area contributed by atoms with Crippen molar-refractivity contribution in [3.05, 3.63) is 103 Å². The van der Waals surface area contributed by atoms with Crippen LogP contribution in [-0.4, -0.2) is 44.8 Å². The molecule has 1 unspecified atom stereocenters. The predicted molar refractivity (Wildman–Crippen MR) is 139 cm³/mol. The summed E-state index contributed by atoms with van der Waals surface area (Å²) in [5, 5.41) is 7.91. The minimum absolute atomic E-state index is 0.0881. The van der Waals surface area contributed by atoms with Crippen LogP contribution < -0.4 is 5.32 Å². The highest BCUT2D eigenvalue weighted by Crippen LogP contribution is 2.24. The summed E-state index contributed by atoms with van der Waals surface area (Å²) in [6.07, 6.45) is 7.88. The highest BCUT2D eigenvalue weighted by Gasteiger charge is 2.26. The smallest absolute Gasteiger partial charge is 0.223 e. The number of amides is 1. The average Bonchev–Trinajstić information content (AvgIpc) is 3.58. The molecular weight excluding hydrogens is 434 g/mol. The molecule has 180 valence electrons. The monoisotopic (exact) mass is 467 g/mol. The Labute approximate surface area is 207 Å². The van der Waals surface area contributed by atoms with Crippen LogP contribution in [-0.2, 0) is 11.3 Å². The Balaban J connectivity index is 1.19. The van der Waals surface area contributed by atoms with Crippen LogP contribution in [0, 0.1) is 5.92 Å². The molecule has 1 aliphatic rings. The fraction of sp³-hybridized carbons (Fsp3) is 0.310. The second-order valence-corrected chi connectivity index (χ2v) is 9.44. The SMILES string of the molecule is CC(CNC(=O)C1CCN(Cc2cnn(-c3ccccc3)c2-n2cccc2)CC1)c1ccccc1. The number of likely N-dealkylation sites (tertiary alicyclic amines) is 1. The summed E-state index contributed by atoms with van der Waals surface area (Å²) in [5.74, 6) is 1.66. The number of nitrogens with zero attached hydrogens (tertiary/aromatic N) is 4. The Hall–Kier alpha value is -3.64. The van der Waals surface area contributed by atoms with Gasteiger partial charge in [-0.1, -0.05) is 55.5 Å². The van der Waals surface area contributed by atoms with Crippen LogP contribution in [0.3, 0.4) is 0 Å². The lowest BCUT2D eigenvalue weighted by Crippen LogP contribution is -2.41. The lowest BCUT2D eigenvalue weighted by molar-refractivity contribution is -0.126. The van der Waals surface area contributed by atoms with E-state index in [9.17, 15) is 4.79 Å². The second kappa shape index (κ2) is 10.7. The van der Waals surface area contributed by atoms with Crippen molar-refractivity contribution in [1.82, 2.24) is 24.6 Å². The summed E-state index contributed by atoms with van der Waals surface area (Å²) in [6, 6.07) is 24.7. The first-order chi connectivity index (χ1) is 17.2. The van der Waals surface area contributed by atoms with Crippen LogP contribution in [0.2, 0.25) is 0 Å². The zero-order chi connectivity index (χ0) is 24.0. The van der Waals surface area contributed by atoms with E-state index in [2.05, 4.69) is 70.5 Å². The number of carbonyl (C=O) groups is 1. The molecule has 0 saturated carbocycles. The number of hydrogen-bond acceptors (Lipinski definition) is 3. The van der Waals surface area contributed by atoms with E-state index >= 15 is 0 Å². The molecule has 5 rings (SSSR count). The summed E-state index contributed by atoms with van der Waals surface area (Å²) in [6.45, 7) is 5.49. The molecule has 3 heterocycles. The molecule has 0 spiro atoms. The van der Waals surface area contributed by atoms with E-state index in [1.165, 1.54) is 11.1 Å². The largest absolute Gasteiger partial charge is 0.355 e. The molecule has 1 aliphatic heterocycles. The van der Waals surface area contributed by atoms with E-state index in [4.69, 9.17) is 5.10 Å². The van der Waals surface area contributed by atoms with Gasteiger partial charge < -0.3 is 9.88 Å². The molecule has 1 N–H and O–H groups in total. The number of para-hydroxylation sites is 1. The first-order valence-electron chi connectivity index (χ1n) is 12.5. The van der Waals surface area contributed by atoms with Crippen molar-refractivity contribution in [3.8, 4) is 11.5 Å². The van der Waals surface area contributed by atoms with Crippen LogP contribution >= 0.6 is 0 Å². The van der Waals surface area contributed by atoms with Gasteiger partial charge >= 0.3 is 0 Å². The number of nitrogens with one attached hydrogen (secondary N) is 1. The van der Waals surface area contributed by atoms with Gasteiger partial charge in [0.2, 0.25) is 5.91 Å². The molecule has 6 heteroatoms. The molecule has 0 aliphatic carbocycles. The van der Waals surface area contributed by atoms with Crippen molar-refractivity contribution >= 4 is 5.91 Å². The molecule has 1 atom stereocenters. The Morgan fingerprint density at radius 3 is 2.31 bits per heavy atom. The van der Waals surface area contributed by atoms with Gasteiger partial charge in [0.25, 0.3) is 0 Å². The van der Waals surface area contributed by atoms with E-state index in [1.54, 1.807) is 0 Å². The van der Waals surface area contributed by atoms with Gasteiger partial charge in [0.05, 0.1) is 11.9 Å². The normalized spacial score (nSPS) is 15.7. The van der Waals surface area contributed by atoms with Crippen molar-refractivity contribution in [2.45, 2.75) is 32.2 Å². The van der Waals surface area contributed by atoms with Gasteiger partial charge in [-0.3, -0.25) is 9.69 Å². The number of hydrogen-bond donors (Lipinski definition) is 1. The van der Waals surface area contributed by atoms with Crippen molar-refractivity contribution in [1.29, 1.82) is 0 Å². The van der Waals surface area contributed by atoms with E-state index < -0.39 is 0 Å². The first kappa shape index (κ1) is 23.1. The molecule has 35 heavy (non-hydrogen) atoms. The molecule has 0 bridgehead atoms. The topological polar surface area (TPSA) is 55.1 Å². The molecule has 0 radical (unpaired) electrons. The number of benzene rings is 2. The maximum atomic E-state index is 12.8. The summed E-state index contributed by atoms with van der Waals surface area (Å²) in [4.78, 5) is 15.3. The van der Waals surface area contributed by atoms with Crippen molar-refractivity contribution in [2.75, 3.05) is 19.6 Å². The van der Waals surface area contributed by atoms with Gasteiger partial charge in [-0.15, -0.1) is 0 Å². The quantitative estimate of drug-likeness (QED) is 0.405. The van der Waals surface area contributed by atoms with Crippen LogP contribution in [0.4, 0.5) is 0 Å². The predicted octanol–water partition coefficient (Wildman–Crippen LogP) is 4.79. The van der Waals surface area contributed by atoms with Crippen molar-refractivity contribution in [3.63, 3.8) is 0 Å². The maximum absolute atomic E-state index is 12.8. The third kappa shape index (κ3) is 5.38. The zero-order valence-corrected chi connectivity index (χ0v) is 20.3. The molecule has 4 aromatic rings. The second-order valence-electron chi connectivity index (χ2n) is 9.44. The summed E-state index contributed by atoms with van der Waals surface area (Å²) >= 11 is 0.